The largest absolute Gasteiger partial charge is 0.497 e. The van der Waals surface area contributed by atoms with Gasteiger partial charge in [0.2, 0.25) is 0 Å². The SMILES string of the molecule is COc1ccc2c(c1)CCCC2CNC(=O)NC(C)CS(C)=O. The van der Waals surface area contributed by atoms with Crippen LogP contribution in [0, 0.1) is 0 Å². The monoisotopic (exact) mass is 338 g/mol. The molecule has 0 aliphatic heterocycles. The van der Waals surface area contributed by atoms with Gasteiger partial charge in [-0.2, -0.15) is 0 Å². The Balaban J connectivity index is 1.90. The summed E-state index contributed by atoms with van der Waals surface area (Å²) in [4.78, 5) is 11.9. The third-order valence-electron chi connectivity index (χ3n) is 4.16. The average molecular weight is 338 g/mol. The van der Waals surface area contributed by atoms with Crippen LogP contribution in [-0.4, -0.2) is 41.9 Å². The van der Waals surface area contributed by atoms with Crippen LogP contribution >= 0.6 is 0 Å². The molecule has 3 atom stereocenters. The lowest BCUT2D eigenvalue weighted by Crippen LogP contribution is -2.44. The van der Waals surface area contributed by atoms with E-state index in [2.05, 4.69) is 22.8 Å². The second-order valence-electron chi connectivity index (χ2n) is 6.15. The van der Waals surface area contributed by atoms with Gasteiger partial charge in [-0.1, -0.05) is 6.07 Å². The number of carbonyl (C=O) groups is 1. The fourth-order valence-corrected chi connectivity index (χ4v) is 3.90. The molecule has 1 aliphatic carbocycles. The molecular weight excluding hydrogens is 312 g/mol. The fraction of sp³-hybridized carbons (Fsp3) is 0.588. The topological polar surface area (TPSA) is 67.4 Å². The first-order valence-electron chi connectivity index (χ1n) is 8.00. The first kappa shape index (κ1) is 17.8. The highest BCUT2D eigenvalue weighted by Gasteiger charge is 2.21. The summed E-state index contributed by atoms with van der Waals surface area (Å²) in [6, 6.07) is 5.91. The van der Waals surface area contributed by atoms with Crippen LogP contribution in [0.15, 0.2) is 18.2 Å². The first-order valence-corrected chi connectivity index (χ1v) is 9.73. The van der Waals surface area contributed by atoms with Crippen LogP contribution in [0.3, 0.4) is 0 Å². The highest BCUT2D eigenvalue weighted by atomic mass is 32.2. The van der Waals surface area contributed by atoms with Crippen molar-refractivity contribution in [3.05, 3.63) is 29.3 Å². The maximum Gasteiger partial charge on any atom is 0.315 e. The van der Waals surface area contributed by atoms with Gasteiger partial charge in [-0.25, -0.2) is 4.79 Å². The van der Waals surface area contributed by atoms with Crippen LogP contribution < -0.4 is 15.4 Å². The quantitative estimate of drug-likeness (QED) is 0.835. The van der Waals surface area contributed by atoms with Gasteiger partial charge < -0.3 is 15.4 Å². The van der Waals surface area contributed by atoms with Gasteiger partial charge in [-0.05, 0) is 49.4 Å². The lowest BCUT2D eigenvalue weighted by atomic mass is 9.82. The van der Waals surface area contributed by atoms with Crippen molar-refractivity contribution in [1.29, 1.82) is 0 Å². The van der Waals surface area contributed by atoms with Crippen LogP contribution in [0.2, 0.25) is 0 Å². The standard InChI is InChI=1S/C17H26N2O3S/c1-12(11-23(3)21)19-17(20)18-10-14-6-4-5-13-9-15(22-2)7-8-16(13)14/h7-9,12,14H,4-6,10-11H2,1-3H3,(H2,18,19,20). The molecule has 0 radical (unpaired) electrons. The number of amides is 2. The van der Waals surface area contributed by atoms with E-state index in [0.717, 1.165) is 25.0 Å². The minimum absolute atomic E-state index is 0.0938. The molecule has 2 amide bonds. The minimum Gasteiger partial charge on any atom is -0.497 e. The van der Waals surface area contributed by atoms with Crippen LogP contribution in [-0.2, 0) is 17.2 Å². The summed E-state index contributed by atoms with van der Waals surface area (Å²) in [7, 11) is 0.771. The molecule has 0 bridgehead atoms. The summed E-state index contributed by atoms with van der Waals surface area (Å²) in [5, 5.41) is 5.78. The number of urea groups is 1. The van der Waals surface area contributed by atoms with E-state index in [4.69, 9.17) is 4.74 Å². The molecule has 2 N–H and O–H groups in total. The third kappa shape index (κ3) is 5.23. The third-order valence-corrected chi connectivity index (χ3v) is 5.13. The average Bonchev–Trinajstić information content (AvgIpc) is 2.51. The molecule has 6 heteroatoms. The molecular formula is C17H26N2O3S. The molecule has 23 heavy (non-hydrogen) atoms. The van der Waals surface area contributed by atoms with E-state index in [1.807, 2.05) is 13.0 Å². The van der Waals surface area contributed by atoms with E-state index < -0.39 is 10.8 Å². The smallest absolute Gasteiger partial charge is 0.315 e. The lowest BCUT2D eigenvalue weighted by molar-refractivity contribution is 0.237. The predicted molar refractivity (Wildman–Crippen MR) is 93.6 cm³/mol. The molecule has 0 fully saturated rings. The molecule has 1 aromatic carbocycles. The van der Waals surface area contributed by atoms with E-state index in [9.17, 15) is 9.00 Å². The van der Waals surface area contributed by atoms with Crippen LogP contribution in [0.4, 0.5) is 4.79 Å². The van der Waals surface area contributed by atoms with Crippen molar-refractivity contribution in [2.45, 2.75) is 38.1 Å². The first-order chi connectivity index (χ1) is 11.0. The summed E-state index contributed by atoms with van der Waals surface area (Å²) in [5.41, 5.74) is 2.62. The van der Waals surface area contributed by atoms with Gasteiger partial charge >= 0.3 is 6.03 Å². The van der Waals surface area contributed by atoms with E-state index in [-0.39, 0.29) is 12.1 Å². The van der Waals surface area contributed by atoms with Crippen molar-refractivity contribution >= 4 is 16.8 Å². The van der Waals surface area contributed by atoms with Gasteiger partial charge in [0, 0.05) is 41.3 Å². The Bertz CT molecular complexity index is 577. The van der Waals surface area contributed by atoms with Gasteiger partial charge in [-0.3, -0.25) is 4.21 Å². The zero-order valence-electron chi connectivity index (χ0n) is 14.1. The van der Waals surface area contributed by atoms with Crippen LogP contribution in [0.25, 0.3) is 0 Å². The molecule has 128 valence electrons. The predicted octanol–water partition coefficient (Wildman–Crippen LogP) is 2.18. The minimum atomic E-state index is -0.908. The molecule has 3 unspecified atom stereocenters. The second-order valence-corrected chi connectivity index (χ2v) is 7.63. The molecule has 0 spiro atoms. The summed E-state index contributed by atoms with van der Waals surface area (Å²) >= 11 is 0. The molecule has 0 aromatic heterocycles. The Morgan fingerprint density at radius 1 is 1.48 bits per heavy atom. The van der Waals surface area contributed by atoms with Crippen LogP contribution in [0.1, 0.15) is 36.8 Å². The number of carbonyl (C=O) groups excluding carboxylic acids is 1. The fourth-order valence-electron chi connectivity index (χ4n) is 3.11. The van der Waals surface area contributed by atoms with Crippen molar-refractivity contribution in [3.8, 4) is 5.75 Å². The number of rotatable bonds is 6. The number of nitrogens with one attached hydrogen (secondary N) is 2. The maximum atomic E-state index is 11.9. The van der Waals surface area contributed by atoms with Gasteiger partial charge in [0.25, 0.3) is 0 Å². The number of hydrogen-bond acceptors (Lipinski definition) is 3. The Morgan fingerprint density at radius 2 is 2.26 bits per heavy atom. The molecule has 0 saturated heterocycles. The zero-order valence-corrected chi connectivity index (χ0v) is 14.9. The molecule has 1 aliphatic rings. The lowest BCUT2D eigenvalue weighted by Gasteiger charge is -2.26. The van der Waals surface area contributed by atoms with Crippen molar-refractivity contribution in [3.63, 3.8) is 0 Å². The molecule has 1 aromatic rings. The number of benzene rings is 1. The van der Waals surface area contributed by atoms with Gasteiger partial charge in [-0.15, -0.1) is 0 Å². The number of hydrogen-bond donors (Lipinski definition) is 2. The molecule has 0 heterocycles. The van der Waals surface area contributed by atoms with Crippen molar-refractivity contribution < 1.29 is 13.7 Å². The molecule has 2 rings (SSSR count). The van der Waals surface area contributed by atoms with Crippen LogP contribution in [0.5, 0.6) is 5.75 Å². The van der Waals surface area contributed by atoms with Crippen molar-refractivity contribution in [2.24, 2.45) is 0 Å². The molecule has 0 saturated carbocycles. The summed E-state index contributed by atoms with van der Waals surface area (Å²) in [5.74, 6) is 1.70. The number of methoxy groups -OCH3 is 1. The van der Waals surface area contributed by atoms with Crippen molar-refractivity contribution in [2.75, 3.05) is 25.7 Å². The number of fused-ring (bicyclic) bond motifs is 1. The highest BCUT2D eigenvalue weighted by Crippen LogP contribution is 2.33. The zero-order chi connectivity index (χ0) is 16.8. The number of aryl methyl sites for hydroxylation is 1. The Hall–Kier alpha value is -1.56. The summed E-state index contributed by atoms with van der Waals surface area (Å²) in [6.45, 7) is 2.48. The van der Waals surface area contributed by atoms with E-state index >= 15 is 0 Å². The van der Waals surface area contributed by atoms with Gasteiger partial charge in [0.15, 0.2) is 0 Å². The Morgan fingerprint density at radius 3 is 2.96 bits per heavy atom. The second kappa shape index (κ2) is 8.34. The van der Waals surface area contributed by atoms with Gasteiger partial charge in [0.05, 0.1) is 7.11 Å². The van der Waals surface area contributed by atoms with E-state index in [1.54, 1.807) is 13.4 Å². The summed E-state index contributed by atoms with van der Waals surface area (Å²) < 4.78 is 16.4. The van der Waals surface area contributed by atoms with Crippen molar-refractivity contribution in [1.82, 2.24) is 10.6 Å². The van der Waals surface area contributed by atoms with Gasteiger partial charge in [0.1, 0.15) is 5.75 Å². The molecule has 5 nitrogen and oxygen atoms in total. The highest BCUT2D eigenvalue weighted by molar-refractivity contribution is 7.84. The maximum absolute atomic E-state index is 11.9. The number of ether oxygens (including phenoxy) is 1. The normalized spacial score (nSPS) is 19.3. The Labute approximate surface area is 140 Å². The van der Waals surface area contributed by atoms with E-state index in [1.165, 1.54) is 11.1 Å². The summed E-state index contributed by atoms with van der Waals surface area (Å²) in [6.07, 6.45) is 4.91. The Kier molecular flexibility index (Phi) is 6.45. The van der Waals surface area contributed by atoms with E-state index in [0.29, 0.717) is 18.2 Å².